The average Bonchev–Trinajstić information content (AvgIpc) is 2.90. The fraction of sp³-hybridized carbons (Fsp3) is 0.333. The minimum Gasteiger partial charge on any atom is -0.356 e. The van der Waals surface area contributed by atoms with Crippen molar-refractivity contribution >= 4 is 17.5 Å². The highest BCUT2D eigenvalue weighted by molar-refractivity contribution is 6.30. The van der Waals surface area contributed by atoms with Gasteiger partial charge in [-0.2, -0.15) is 5.26 Å². The summed E-state index contributed by atoms with van der Waals surface area (Å²) < 4.78 is 0. The van der Waals surface area contributed by atoms with Crippen molar-refractivity contribution in [3.8, 4) is 6.07 Å². The van der Waals surface area contributed by atoms with Crippen LogP contribution in [0.4, 0.5) is 0 Å². The Bertz CT molecular complexity index is 747. The van der Waals surface area contributed by atoms with E-state index in [9.17, 15) is 4.79 Å². The molecule has 0 spiro atoms. The molecular formula is C18H19ClN4O. The van der Waals surface area contributed by atoms with E-state index in [1.54, 1.807) is 12.3 Å². The first-order valence-electron chi connectivity index (χ1n) is 8.00. The number of H-pyrrole nitrogens is 1. The number of hydrogen-bond donors (Lipinski definition) is 1. The molecule has 0 unspecified atom stereocenters. The fourth-order valence-electron chi connectivity index (χ4n) is 2.94. The normalized spacial score (nSPS) is 15.8. The Balaban J connectivity index is 1.58. The summed E-state index contributed by atoms with van der Waals surface area (Å²) in [6, 6.07) is 11.5. The van der Waals surface area contributed by atoms with Gasteiger partial charge in [0.1, 0.15) is 5.69 Å². The van der Waals surface area contributed by atoms with Gasteiger partial charge in [-0.25, -0.2) is 0 Å². The second kappa shape index (κ2) is 7.52. The topological polar surface area (TPSA) is 63.1 Å². The van der Waals surface area contributed by atoms with E-state index in [4.69, 9.17) is 16.9 Å². The third-order valence-electron chi connectivity index (χ3n) is 4.24. The lowest BCUT2D eigenvalue weighted by atomic mass is 10.1. The summed E-state index contributed by atoms with van der Waals surface area (Å²) in [5.74, 6) is 0.00197. The number of aromatic amines is 1. The van der Waals surface area contributed by atoms with Gasteiger partial charge in [0.05, 0.1) is 16.7 Å². The third-order valence-corrected chi connectivity index (χ3v) is 4.46. The number of nitrogens with zero attached hydrogens (tertiary/aromatic N) is 3. The standard InChI is InChI=1S/C18H19ClN4O/c19-16-10-17(21-12-16)18(24)23-7-1-6-22(8-9-23)13-15-4-2-14(11-20)3-5-15/h2-5,10,12,21H,1,6-9,13H2. The van der Waals surface area contributed by atoms with Gasteiger partial charge in [-0.05, 0) is 30.2 Å². The van der Waals surface area contributed by atoms with Gasteiger partial charge >= 0.3 is 0 Å². The summed E-state index contributed by atoms with van der Waals surface area (Å²) in [6.45, 7) is 4.07. The van der Waals surface area contributed by atoms with Crippen LogP contribution in [-0.2, 0) is 6.54 Å². The molecule has 0 atom stereocenters. The van der Waals surface area contributed by atoms with Crippen LogP contribution in [0.25, 0.3) is 0 Å². The van der Waals surface area contributed by atoms with Gasteiger partial charge in [0, 0.05) is 38.9 Å². The smallest absolute Gasteiger partial charge is 0.270 e. The number of carbonyl (C=O) groups excluding carboxylic acids is 1. The maximum Gasteiger partial charge on any atom is 0.270 e. The molecule has 3 rings (SSSR count). The summed E-state index contributed by atoms with van der Waals surface area (Å²) in [6.07, 6.45) is 2.57. The molecule has 0 radical (unpaired) electrons. The molecule has 1 saturated heterocycles. The molecule has 5 nitrogen and oxygen atoms in total. The van der Waals surface area contributed by atoms with Crippen molar-refractivity contribution in [1.82, 2.24) is 14.8 Å². The maximum absolute atomic E-state index is 12.5. The molecule has 1 aliphatic rings. The lowest BCUT2D eigenvalue weighted by molar-refractivity contribution is 0.0756. The average molecular weight is 343 g/mol. The molecule has 1 aromatic carbocycles. The van der Waals surface area contributed by atoms with E-state index >= 15 is 0 Å². The Hall–Kier alpha value is -2.29. The number of rotatable bonds is 3. The molecule has 1 aromatic heterocycles. The van der Waals surface area contributed by atoms with Crippen molar-refractivity contribution in [2.24, 2.45) is 0 Å². The van der Waals surface area contributed by atoms with Crippen LogP contribution in [0.15, 0.2) is 36.5 Å². The van der Waals surface area contributed by atoms with Crippen LogP contribution in [-0.4, -0.2) is 46.9 Å². The second-order valence-electron chi connectivity index (χ2n) is 5.96. The zero-order valence-electron chi connectivity index (χ0n) is 13.3. The van der Waals surface area contributed by atoms with Crippen LogP contribution in [0.5, 0.6) is 0 Å². The van der Waals surface area contributed by atoms with E-state index in [2.05, 4.69) is 16.0 Å². The number of nitrogens with one attached hydrogen (secondary N) is 1. The van der Waals surface area contributed by atoms with Gasteiger partial charge in [-0.1, -0.05) is 23.7 Å². The Morgan fingerprint density at radius 2 is 2.00 bits per heavy atom. The minimum absolute atomic E-state index is 0.00197. The molecule has 0 saturated carbocycles. The van der Waals surface area contributed by atoms with Crippen molar-refractivity contribution in [3.63, 3.8) is 0 Å². The molecule has 0 bridgehead atoms. The summed E-state index contributed by atoms with van der Waals surface area (Å²) >= 11 is 5.88. The summed E-state index contributed by atoms with van der Waals surface area (Å²) in [5.41, 5.74) is 2.40. The van der Waals surface area contributed by atoms with Crippen LogP contribution in [0, 0.1) is 11.3 Å². The minimum atomic E-state index is 0.00197. The first kappa shape index (κ1) is 16.6. The molecule has 1 aliphatic heterocycles. The molecule has 1 amide bonds. The second-order valence-corrected chi connectivity index (χ2v) is 6.40. The zero-order chi connectivity index (χ0) is 16.9. The Morgan fingerprint density at radius 3 is 2.67 bits per heavy atom. The van der Waals surface area contributed by atoms with E-state index in [0.717, 1.165) is 32.6 Å². The van der Waals surface area contributed by atoms with Crippen LogP contribution < -0.4 is 0 Å². The maximum atomic E-state index is 12.5. The predicted octanol–water partition coefficient (Wildman–Crippen LogP) is 2.89. The van der Waals surface area contributed by atoms with E-state index < -0.39 is 0 Å². The van der Waals surface area contributed by atoms with Gasteiger partial charge < -0.3 is 9.88 Å². The Morgan fingerprint density at radius 1 is 1.21 bits per heavy atom. The molecule has 24 heavy (non-hydrogen) atoms. The van der Waals surface area contributed by atoms with Gasteiger partial charge in [-0.3, -0.25) is 9.69 Å². The lowest BCUT2D eigenvalue weighted by Gasteiger charge is -2.21. The van der Waals surface area contributed by atoms with Gasteiger partial charge in [0.15, 0.2) is 0 Å². The highest BCUT2D eigenvalue weighted by atomic mass is 35.5. The van der Waals surface area contributed by atoms with Gasteiger partial charge in [0.2, 0.25) is 0 Å². The Kier molecular flexibility index (Phi) is 5.19. The Labute approximate surface area is 146 Å². The summed E-state index contributed by atoms with van der Waals surface area (Å²) in [4.78, 5) is 19.6. The molecular weight excluding hydrogens is 324 g/mol. The first-order valence-corrected chi connectivity index (χ1v) is 8.38. The highest BCUT2D eigenvalue weighted by Crippen LogP contribution is 2.14. The molecule has 0 aliphatic carbocycles. The number of nitriles is 1. The quantitative estimate of drug-likeness (QED) is 0.932. The molecule has 124 valence electrons. The van der Waals surface area contributed by atoms with Crippen molar-refractivity contribution < 1.29 is 4.79 Å². The highest BCUT2D eigenvalue weighted by Gasteiger charge is 2.21. The summed E-state index contributed by atoms with van der Waals surface area (Å²) in [5, 5.41) is 9.41. The van der Waals surface area contributed by atoms with Crippen molar-refractivity contribution in [2.75, 3.05) is 26.2 Å². The number of aromatic nitrogens is 1. The number of carbonyl (C=O) groups is 1. The van der Waals surface area contributed by atoms with Crippen LogP contribution in [0.2, 0.25) is 5.02 Å². The lowest BCUT2D eigenvalue weighted by Crippen LogP contribution is -2.35. The van der Waals surface area contributed by atoms with E-state index in [1.165, 1.54) is 5.56 Å². The van der Waals surface area contributed by atoms with Crippen molar-refractivity contribution in [1.29, 1.82) is 5.26 Å². The number of hydrogen-bond acceptors (Lipinski definition) is 3. The SMILES string of the molecule is N#Cc1ccc(CN2CCCN(C(=O)c3cc(Cl)c[nH]3)CC2)cc1. The van der Waals surface area contributed by atoms with Crippen LogP contribution in [0.3, 0.4) is 0 Å². The number of benzene rings is 1. The van der Waals surface area contributed by atoms with Gasteiger partial charge in [0.25, 0.3) is 5.91 Å². The largest absolute Gasteiger partial charge is 0.356 e. The van der Waals surface area contributed by atoms with Crippen LogP contribution in [0.1, 0.15) is 28.0 Å². The predicted molar refractivity (Wildman–Crippen MR) is 92.8 cm³/mol. The van der Waals surface area contributed by atoms with Gasteiger partial charge in [-0.15, -0.1) is 0 Å². The van der Waals surface area contributed by atoms with Crippen molar-refractivity contribution in [3.05, 3.63) is 58.4 Å². The molecule has 1 N–H and O–H groups in total. The number of amides is 1. The molecule has 2 heterocycles. The first-order chi connectivity index (χ1) is 11.7. The zero-order valence-corrected chi connectivity index (χ0v) is 14.1. The molecule has 1 fully saturated rings. The monoisotopic (exact) mass is 342 g/mol. The number of halogens is 1. The van der Waals surface area contributed by atoms with Crippen molar-refractivity contribution in [2.45, 2.75) is 13.0 Å². The van der Waals surface area contributed by atoms with E-state index in [-0.39, 0.29) is 5.91 Å². The van der Waals surface area contributed by atoms with E-state index in [0.29, 0.717) is 22.8 Å². The molecule has 6 heteroatoms. The van der Waals surface area contributed by atoms with Crippen LogP contribution >= 0.6 is 11.6 Å². The summed E-state index contributed by atoms with van der Waals surface area (Å²) in [7, 11) is 0. The third kappa shape index (κ3) is 3.97. The molecule has 2 aromatic rings. The van der Waals surface area contributed by atoms with E-state index in [1.807, 2.05) is 29.2 Å². The fourth-order valence-corrected chi connectivity index (χ4v) is 3.10.